The zero-order valence-corrected chi connectivity index (χ0v) is 33.1. The molecule has 0 bridgehead atoms. The Kier molecular flexibility index (Phi) is 9.77. The maximum Gasteiger partial charge on any atom is 0.0160 e. The summed E-state index contributed by atoms with van der Waals surface area (Å²) in [5.74, 6) is 8.04. The first-order valence-corrected chi connectivity index (χ1v) is 23.6. The van der Waals surface area contributed by atoms with Crippen molar-refractivity contribution in [3.05, 3.63) is 139 Å². The van der Waals surface area contributed by atoms with E-state index in [1.807, 2.05) is 60.8 Å². The first-order chi connectivity index (χ1) is 23.1. The second-order valence-electron chi connectivity index (χ2n) is 14.0. The number of furan rings is 1. The van der Waals surface area contributed by atoms with E-state index in [1.54, 1.807) is 6.20 Å². The number of benzene rings is 4. The smallest absolute Gasteiger partial charge is 0.0160 e. The van der Waals surface area contributed by atoms with Gasteiger partial charge in [0.05, 0.1) is 0 Å². The molecule has 1 radical (unpaired) electrons. The Balaban J connectivity index is 0.000000270. The molecule has 0 atom stereocenters. The Morgan fingerprint density at radius 2 is 1.51 bits per heavy atom. The molecule has 0 fully saturated rings. The number of pyridine rings is 2. The SMILES string of the molecule is CC(C)(C)c1nccc2c1nc(-c1[c-]ccc3c1oc1c[c]([Ge]([CH3])([CH3])[CH3])ccc13)n2-c1ccccc1.[Ir].[c-]1ccccc1-c1ccccn1. The summed E-state index contributed by atoms with van der Waals surface area (Å²) in [6.07, 6.45) is 3.68. The standard InChI is InChI=1S/C31H30GeN3O.C11H8N.Ir/c1-31(2,3)29-27-25(17-18-33-29)35(21-11-8-7-9-12-21)30(34-27)24-14-10-13-23-22-16-15-20(32(4,5)6)19-26(22)36-28(23)24;1-2-6-10(7-3-1)11-8-4-5-9-12-11;/h7-13,15-19H,1-6H3;1-6,8-9H;/q2*-1;. The van der Waals surface area contributed by atoms with Crippen molar-refractivity contribution in [2.24, 2.45) is 0 Å². The van der Waals surface area contributed by atoms with Crippen molar-refractivity contribution in [1.29, 1.82) is 0 Å². The van der Waals surface area contributed by atoms with Gasteiger partial charge in [-0.2, -0.15) is 0 Å². The van der Waals surface area contributed by atoms with Gasteiger partial charge in [-0.05, 0) is 11.8 Å². The van der Waals surface area contributed by atoms with Crippen molar-refractivity contribution in [1.82, 2.24) is 19.5 Å². The fraction of sp³-hybridized carbons (Fsp3) is 0.167. The Bertz CT molecular complexity index is 2320. The average molecular weight is 880 g/mol. The van der Waals surface area contributed by atoms with Gasteiger partial charge in [-0.3, -0.25) is 0 Å². The van der Waals surface area contributed by atoms with Crippen LogP contribution in [-0.2, 0) is 25.5 Å². The molecule has 0 aliphatic carbocycles. The molecule has 5 nitrogen and oxygen atoms in total. The van der Waals surface area contributed by atoms with Crippen LogP contribution in [0.4, 0.5) is 0 Å². The van der Waals surface area contributed by atoms with Crippen molar-refractivity contribution < 1.29 is 24.5 Å². The maximum atomic E-state index is 6.59. The molecule has 0 spiro atoms. The van der Waals surface area contributed by atoms with Gasteiger partial charge in [0.1, 0.15) is 0 Å². The first-order valence-electron chi connectivity index (χ1n) is 16.3. The zero-order valence-electron chi connectivity index (χ0n) is 28.6. The van der Waals surface area contributed by atoms with E-state index >= 15 is 0 Å². The van der Waals surface area contributed by atoms with Crippen LogP contribution in [0.25, 0.3) is 61.3 Å². The molecule has 0 N–H and O–H groups in total. The van der Waals surface area contributed by atoms with E-state index in [0.717, 1.165) is 67.0 Å². The number of hydrogen-bond donors (Lipinski definition) is 0. The molecule has 8 aromatic rings. The van der Waals surface area contributed by atoms with Gasteiger partial charge in [0, 0.05) is 26.3 Å². The number of hydrogen-bond acceptors (Lipinski definition) is 4. The van der Waals surface area contributed by atoms with Gasteiger partial charge >= 0.3 is 215 Å². The summed E-state index contributed by atoms with van der Waals surface area (Å²) in [5, 5.41) is 2.22. The number of nitrogens with zero attached hydrogens (tertiary/aromatic N) is 4. The molecule has 4 aromatic heterocycles. The van der Waals surface area contributed by atoms with Crippen LogP contribution < -0.4 is 4.40 Å². The minimum Gasteiger partial charge on any atom is -0.305 e. The predicted octanol–water partition coefficient (Wildman–Crippen LogP) is 10.2. The summed E-state index contributed by atoms with van der Waals surface area (Å²) in [4.78, 5) is 14.2. The molecule has 0 unspecified atom stereocenters. The average Bonchev–Trinajstić information content (AvgIpc) is 3.67. The van der Waals surface area contributed by atoms with E-state index < -0.39 is 13.3 Å². The van der Waals surface area contributed by atoms with Crippen LogP contribution in [-0.4, -0.2) is 32.8 Å². The topological polar surface area (TPSA) is 56.7 Å². The van der Waals surface area contributed by atoms with Crippen LogP contribution in [0.5, 0.6) is 0 Å². The molecule has 0 aliphatic heterocycles. The van der Waals surface area contributed by atoms with E-state index in [4.69, 9.17) is 14.4 Å². The van der Waals surface area contributed by atoms with Crippen molar-refractivity contribution in [2.45, 2.75) is 43.5 Å². The molecule has 49 heavy (non-hydrogen) atoms. The number of fused-ring (bicyclic) bond motifs is 4. The fourth-order valence-corrected chi connectivity index (χ4v) is 8.42. The van der Waals surface area contributed by atoms with Crippen LogP contribution in [0.1, 0.15) is 26.5 Å². The van der Waals surface area contributed by atoms with Crippen LogP contribution in [0.15, 0.2) is 126 Å². The summed E-state index contributed by atoms with van der Waals surface area (Å²) < 4.78 is 10.2. The van der Waals surface area contributed by atoms with E-state index in [1.165, 1.54) is 4.40 Å². The zero-order chi connectivity index (χ0) is 33.5. The molecule has 4 aromatic carbocycles. The number of aromatic nitrogens is 4. The number of rotatable bonds is 4. The van der Waals surface area contributed by atoms with Gasteiger partial charge in [-0.1, -0.05) is 12.1 Å². The van der Waals surface area contributed by atoms with Gasteiger partial charge < -0.3 is 4.98 Å². The minimum absolute atomic E-state index is 0. The molecule has 0 aliphatic rings. The Hall–Kier alpha value is -4.36. The summed E-state index contributed by atoms with van der Waals surface area (Å²) in [6.45, 7) is 6.54. The van der Waals surface area contributed by atoms with Crippen LogP contribution in [0, 0.1) is 12.1 Å². The van der Waals surface area contributed by atoms with Gasteiger partial charge in [0.2, 0.25) is 0 Å². The molecule has 7 heteroatoms. The van der Waals surface area contributed by atoms with E-state index in [9.17, 15) is 0 Å². The molecule has 8 rings (SSSR count). The molecule has 0 saturated heterocycles. The first kappa shape index (κ1) is 34.5. The van der Waals surface area contributed by atoms with Gasteiger partial charge in [-0.25, -0.2) is 0 Å². The maximum absolute atomic E-state index is 6.59. The molecular weight excluding hydrogens is 841 g/mol. The van der Waals surface area contributed by atoms with Crippen molar-refractivity contribution >= 4 is 50.6 Å². The molecule has 0 amide bonds. The quantitative estimate of drug-likeness (QED) is 0.131. The van der Waals surface area contributed by atoms with Gasteiger partial charge in [-0.15, -0.1) is 35.9 Å². The second-order valence-corrected chi connectivity index (χ2v) is 24.7. The third kappa shape index (κ3) is 6.91. The molecule has 4 heterocycles. The summed E-state index contributed by atoms with van der Waals surface area (Å²) in [6, 6.07) is 43.6. The summed E-state index contributed by atoms with van der Waals surface area (Å²) in [5.41, 5.74) is 8.45. The summed E-state index contributed by atoms with van der Waals surface area (Å²) >= 11 is -2.00. The van der Waals surface area contributed by atoms with Crippen molar-refractivity contribution in [3.63, 3.8) is 0 Å². The monoisotopic (exact) mass is 881 g/mol. The van der Waals surface area contributed by atoms with Crippen molar-refractivity contribution in [3.8, 4) is 28.3 Å². The Morgan fingerprint density at radius 3 is 2.20 bits per heavy atom. The van der Waals surface area contributed by atoms with E-state index in [0.29, 0.717) is 0 Å². The fourth-order valence-electron chi connectivity index (χ4n) is 6.01. The van der Waals surface area contributed by atoms with Crippen molar-refractivity contribution in [2.75, 3.05) is 0 Å². The Labute approximate surface area is 304 Å². The van der Waals surface area contributed by atoms with Gasteiger partial charge in [0.15, 0.2) is 0 Å². The van der Waals surface area contributed by atoms with Crippen LogP contribution in [0.2, 0.25) is 17.3 Å². The summed E-state index contributed by atoms with van der Waals surface area (Å²) in [7, 11) is 0. The minimum atomic E-state index is -2.00. The molecular formula is C42H38GeIrN4O-2. The van der Waals surface area contributed by atoms with Crippen LogP contribution in [0.3, 0.4) is 0 Å². The Morgan fingerprint density at radius 1 is 0.735 bits per heavy atom. The third-order valence-electron chi connectivity index (χ3n) is 8.47. The third-order valence-corrected chi connectivity index (χ3v) is 12.8. The van der Waals surface area contributed by atoms with Crippen LogP contribution >= 0.6 is 0 Å². The van der Waals surface area contributed by atoms with E-state index in [-0.39, 0.29) is 25.5 Å². The molecule has 0 saturated carbocycles. The normalized spacial score (nSPS) is 11.7. The number of imidazole rings is 1. The molecule has 247 valence electrons. The number of para-hydroxylation sites is 1. The van der Waals surface area contributed by atoms with Gasteiger partial charge in [0.25, 0.3) is 0 Å². The second kappa shape index (κ2) is 13.9. The predicted molar refractivity (Wildman–Crippen MR) is 201 cm³/mol. The largest absolute Gasteiger partial charge is 0.305 e. The van der Waals surface area contributed by atoms with E-state index in [2.05, 4.69) is 114 Å².